The molecule has 4 aliphatic rings. The summed E-state index contributed by atoms with van der Waals surface area (Å²) in [5.41, 5.74) is -0.347. The summed E-state index contributed by atoms with van der Waals surface area (Å²) in [4.78, 5) is 30.6. The fourth-order valence-electron chi connectivity index (χ4n) is 8.61. The summed E-state index contributed by atoms with van der Waals surface area (Å²) >= 11 is 6.33. The third-order valence-electron chi connectivity index (χ3n) is 9.87. The molecule has 1 amide bonds. The maximum Gasteiger partial charge on any atom is 0.303 e. The number of esters is 1. The summed E-state index contributed by atoms with van der Waals surface area (Å²) in [7, 11) is 3.62. The maximum absolute atomic E-state index is 13.4. The highest BCUT2D eigenvalue weighted by molar-refractivity contribution is 6.33. The Balaban J connectivity index is 1.55. The Hall–Kier alpha value is -3.07. The molecule has 3 heterocycles. The Bertz CT molecular complexity index is 1400. The van der Waals surface area contributed by atoms with E-state index in [0.29, 0.717) is 17.0 Å². The predicted octanol–water partition coefficient (Wildman–Crippen LogP) is 3.55. The van der Waals surface area contributed by atoms with Gasteiger partial charge in [0.05, 0.1) is 30.3 Å². The Kier molecular flexibility index (Phi) is 6.44. The van der Waals surface area contributed by atoms with E-state index in [-0.39, 0.29) is 12.6 Å². The van der Waals surface area contributed by atoms with Gasteiger partial charge in [-0.2, -0.15) is 0 Å². The van der Waals surface area contributed by atoms with Gasteiger partial charge in [0.15, 0.2) is 0 Å². The number of benzene rings is 2. The van der Waals surface area contributed by atoms with Gasteiger partial charge >= 0.3 is 5.97 Å². The number of aliphatic hydroxyl groups is 1. The minimum Gasteiger partial charge on any atom is -0.497 e. The van der Waals surface area contributed by atoms with Gasteiger partial charge in [-0.3, -0.25) is 14.5 Å². The summed E-state index contributed by atoms with van der Waals surface area (Å²) in [6.45, 7) is 4.99. The van der Waals surface area contributed by atoms with Gasteiger partial charge in [-0.15, -0.1) is 0 Å². The number of rotatable bonds is 6. The topological polar surface area (TPSA) is 91.3 Å². The first-order valence-electron chi connectivity index (χ1n) is 13.9. The quantitative estimate of drug-likeness (QED) is 0.409. The molecular weight excluding hydrogens is 530 g/mol. The van der Waals surface area contributed by atoms with Gasteiger partial charge in [0.1, 0.15) is 17.5 Å². The fourth-order valence-corrected chi connectivity index (χ4v) is 8.83. The van der Waals surface area contributed by atoms with Gasteiger partial charge in [-0.25, -0.2) is 0 Å². The average molecular weight is 566 g/mol. The van der Waals surface area contributed by atoms with E-state index >= 15 is 0 Å². The zero-order valence-corrected chi connectivity index (χ0v) is 24.1. The van der Waals surface area contributed by atoms with Crippen LogP contribution in [0.2, 0.25) is 5.02 Å². The molecular formula is C31H36ClN3O5. The smallest absolute Gasteiger partial charge is 0.303 e. The number of amides is 1. The Morgan fingerprint density at radius 3 is 2.67 bits per heavy atom. The van der Waals surface area contributed by atoms with Crippen LogP contribution in [0.3, 0.4) is 0 Å². The van der Waals surface area contributed by atoms with Crippen LogP contribution in [-0.4, -0.2) is 79.5 Å². The molecule has 0 bridgehead atoms. The molecule has 3 aliphatic heterocycles. The molecule has 2 aromatic rings. The van der Waals surface area contributed by atoms with Crippen molar-refractivity contribution in [1.82, 2.24) is 10.2 Å². The van der Waals surface area contributed by atoms with E-state index in [4.69, 9.17) is 21.1 Å². The highest BCUT2D eigenvalue weighted by atomic mass is 35.5. The number of methoxy groups -OCH3 is 1. The first-order valence-corrected chi connectivity index (χ1v) is 14.3. The minimum atomic E-state index is -1.65. The van der Waals surface area contributed by atoms with Crippen molar-refractivity contribution in [3.63, 3.8) is 0 Å². The lowest BCUT2D eigenvalue weighted by atomic mass is 9.47. The molecule has 6 rings (SSSR count). The van der Waals surface area contributed by atoms with Crippen molar-refractivity contribution in [2.75, 3.05) is 38.7 Å². The van der Waals surface area contributed by atoms with Gasteiger partial charge in [0.2, 0.25) is 0 Å². The van der Waals surface area contributed by atoms with Crippen LogP contribution in [0.15, 0.2) is 54.6 Å². The third-order valence-corrected chi connectivity index (χ3v) is 10.2. The molecule has 2 fully saturated rings. The number of hydrogen-bond acceptors (Lipinski definition) is 7. The lowest BCUT2D eigenvalue weighted by Gasteiger charge is -2.64. The average Bonchev–Trinajstić information content (AvgIpc) is 3.46. The summed E-state index contributed by atoms with van der Waals surface area (Å²) in [5, 5.41) is 16.4. The summed E-state index contributed by atoms with van der Waals surface area (Å²) in [6, 6.07) is 12.4. The second kappa shape index (κ2) is 9.50. The maximum atomic E-state index is 13.4. The molecule has 6 atom stereocenters. The monoisotopic (exact) mass is 565 g/mol. The molecule has 2 aromatic carbocycles. The first kappa shape index (κ1) is 27.1. The van der Waals surface area contributed by atoms with Crippen LogP contribution in [0, 0.1) is 5.41 Å². The first-order chi connectivity index (χ1) is 19.1. The van der Waals surface area contributed by atoms with Crippen LogP contribution in [0.1, 0.15) is 42.6 Å². The second-order valence-corrected chi connectivity index (χ2v) is 12.0. The van der Waals surface area contributed by atoms with Crippen LogP contribution in [0.4, 0.5) is 5.69 Å². The predicted molar refractivity (Wildman–Crippen MR) is 153 cm³/mol. The number of fused-ring (bicyclic) bond motifs is 1. The number of carbonyl (C=O) groups is 2. The van der Waals surface area contributed by atoms with Crippen molar-refractivity contribution in [1.29, 1.82) is 0 Å². The molecule has 2 unspecified atom stereocenters. The van der Waals surface area contributed by atoms with E-state index in [1.54, 1.807) is 31.4 Å². The summed E-state index contributed by atoms with van der Waals surface area (Å²) in [5.74, 6) is -0.133. The number of carbonyl (C=O) groups excluding carboxylic acids is 2. The largest absolute Gasteiger partial charge is 0.497 e. The molecule has 0 aromatic heterocycles. The number of nitrogens with zero attached hydrogens (tertiary/aromatic N) is 2. The molecule has 1 spiro atoms. The number of hydrogen-bond donors (Lipinski definition) is 2. The highest BCUT2D eigenvalue weighted by Crippen LogP contribution is 2.67. The van der Waals surface area contributed by atoms with E-state index in [1.807, 2.05) is 19.2 Å². The van der Waals surface area contributed by atoms with Gasteiger partial charge in [0.25, 0.3) is 5.91 Å². The SMILES string of the molecule is CCC12C=CCN3CC[C@@]4(c5ccc(OC)cc5N(C)[C@H]4[C@@](O)(CNC(=O)c4ccccc4Cl)[C@@H]1OC(C)=O)C32. The standard InChI is InChI=1S/C31H36ClN3O5/c1-5-29-13-8-15-35-16-14-30(26(29)35)22-12-11-20(39-4)17-24(22)34(3)27(30)31(38,28(29)40-19(2)36)18-33-25(37)21-9-6-7-10-23(21)32/h6-13,17,26-28,38H,5,14-16,18H2,1-4H3,(H,33,37)/t26?,27-,28-,29?,30-,31+/m1/s1. The molecule has 2 N–H and O–H groups in total. The molecule has 8 nitrogen and oxygen atoms in total. The van der Waals surface area contributed by atoms with Crippen LogP contribution in [0.25, 0.3) is 0 Å². The van der Waals surface area contributed by atoms with E-state index in [9.17, 15) is 14.7 Å². The number of ether oxygens (including phenoxy) is 2. The Morgan fingerprint density at radius 2 is 1.98 bits per heavy atom. The number of nitrogens with one attached hydrogen (secondary N) is 1. The van der Waals surface area contributed by atoms with Gasteiger partial charge < -0.3 is 24.8 Å². The highest BCUT2D eigenvalue weighted by Gasteiger charge is 2.77. The molecule has 212 valence electrons. The van der Waals surface area contributed by atoms with Crippen LogP contribution >= 0.6 is 11.6 Å². The number of anilines is 1. The van der Waals surface area contributed by atoms with E-state index < -0.39 is 40.5 Å². The van der Waals surface area contributed by atoms with Crippen LogP contribution in [-0.2, 0) is 14.9 Å². The van der Waals surface area contributed by atoms with Crippen molar-refractivity contribution in [2.45, 2.75) is 55.9 Å². The van der Waals surface area contributed by atoms with E-state index in [0.717, 1.165) is 36.5 Å². The fraction of sp³-hybridized carbons (Fsp3) is 0.484. The van der Waals surface area contributed by atoms with Crippen LogP contribution < -0.4 is 15.0 Å². The summed E-state index contributed by atoms with van der Waals surface area (Å²) in [6.07, 6.45) is 4.85. The van der Waals surface area contributed by atoms with E-state index in [2.05, 4.69) is 40.3 Å². The van der Waals surface area contributed by atoms with Crippen molar-refractivity contribution in [3.05, 3.63) is 70.8 Å². The number of halogens is 1. The van der Waals surface area contributed by atoms with Crippen molar-refractivity contribution in [3.8, 4) is 5.75 Å². The summed E-state index contributed by atoms with van der Waals surface area (Å²) < 4.78 is 11.7. The Labute approximate surface area is 239 Å². The van der Waals surface area contributed by atoms with Gasteiger partial charge in [-0.05, 0) is 43.1 Å². The van der Waals surface area contributed by atoms with Crippen molar-refractivity contribution in [2.24, 2.45) is 5.41 Å². The third kappa shape index (κ3) is 3.52. The zero-order valence-electron chi connectivity index (χ0n) is 23.3. The molecule has 1 saturated heterocycles. The molecule has 0 radical (unpaired) electrons. The van der Waals surface area contributed by atoms with Crippen molar-refractivity contribution < 1.29 is 24.2 Å². The minimum absolute atomic E-state index is 0.0130. The lowest BCUT2D eigenvalue weighted by molar-refractivity contribution is -0.216. The zero-order chi connectivity index (χ0) is 28.4. The second-order valence-electron chi connectivity index (χ2n) is 11.6. The Morgan fingerprint density at radius 1 is 1.20 bits per heavy atom. The molecule has 40 heavy (non-hydrogen) atoms. The lowest BCUT2D eigenvalue weighted by Crippen LogP contribution is -2.81. The molecule has 1 aliphatic carbocycles. The molecule has 1 saturated carbocycles. The molecule has 9 heteroatoms. The van der Waals surface area contributed by atoms with Gasteiger partial charge in [0, 0.05) is 49.1 Å². The van der Waals surface area contributed by atoms with Crippen LogP contribution in [0.5, 0.6) is 5.75 Å². The van der Waals surface area contributed by atoms with Crippen molar-refractivity contribution >= 4 is 29.2 Å². The van der Waals surface area contributed by atoms with E-state index in [1.165, 1.54) is 6.92 Å². The number of likely N-dealkylation sites (N-methyl/N-ethyl adjacent to an activating group) is 1. The normalized spacial score (nSPS) is 33.6. The van der Waals surface area contributed by atoms with Gasteiger partial charge in [-0.1, -0.05) is 48.9 Å².